The van der Waals surface area contributed by atoms with Gasteiger partial charge in [0.1, 0.15) is 19.3 Å². The first-order valence-electron chi connectivity index (χ1n) is 40.5. The summed E-state index contributed by atoms with van der Waals surface area (Å²) in [6.45, 7) is 4.86. The zero-order chi connectivity index (χ0) is 73.2. The molecular weight excluding hydrogens is 1310 g/mol. The maximum Gasteiger partial charge on any atom is 0.472 e. The molecule has 0 fully saturated rings. The molecule has 0 aromatic heterocycles. The number of carbonyl (C=O) groups excluding carboxylic acids is 4. The van der Waals surface area contributed by atoms with Crippen LogP contribution in [0.4, 0.5) is 0 Å². The maximum atomic E-state index is 13.1. The minimum Gasteiger partial charge on any atom is -0.462 e. The zero-order valence-electron chi connectivity index (χ0n) is 63.9. The van der Waals surface area contributed by atoms with E-state index in [-0.39, 0.29) is 25.7 Å². The van der Waals surface area contributed by atoms with Gasteiger partial charge in [-0.05, 0) is 135 Å². The first-order valence-corrected chi connectivity index (χ1v) is 43.5. The van der Waals surface area contributed by atoms with E-state index in [0.29, 0.717) is 25.7 Å². The largest absolute Gasteiger partial charge is 0.472 e. The Morgan fingerprint density at radius 3 is 0.780 bits per heavy atom. The van der Waals surface area contributed by atoms with E-state index in [1.54, 1.807) is 0 Å². The number of aliphatic hydroxyl groups excluding tert-OH is 1. The van der Waals surface area contributed by atoms with Gasteiger partial charge in [0.05, 0.1) is 26.4 Å². The number of carbonyl (C=O) groups is 4. The highest BCUT2D eigenvalue weighted by Gasteiger charge is 2.30. The third kappa shape index (κ3) is 73.1. The van der Waals surface area contributed by atoms with Gasteiger partial charge < -0.3 is 33.8 Å². The van der Waals surface area contributed by atoms with Crippen LogP contribution >= 0.6 is 15.6 Å². The molecule has 0 aliphatic heterocycles. The molecule has 100 heavy (non-hydrogen) atoms. The van der Waals surface area contributed by atoms with Gasteiger partial charge in [-0.25, -0.2) is 9.13 Å². The van der Waals surface area contributed by atoms with Crippen LogP contribution in [-0.2, 0) is 65.4 Å². The standard InChI is InChI=1S/C81H148O17P2/c1-5-9-13-17-21-25-29-33-37-41-45-49-53-57-61-65-78(83)91-71-76(97-80(85)67-63-59-55-51-47-43-39-35-31-27-23-19-15-11-7-3)73-95-99(87,88)93-69-75(82)70-94-100(89,90)96-74-77(98-81(86)68-64-60-56-52-48-44-40-36-32-28-24-20-16-12-8-4)72-92-79(84)66-62-58-54-50-46-42-38-34-30-26-22-18-14-10-6-2/h21,25-26,30,33,35-37,39-40,75-77,82H,5-20,22-24,27-29,31-32,34,38,41-74H2,1-4H3,(H,87,88)(H,89,90)/b25-21-,30-26-,37-33-,39-35-,40-36-/t75-,76-,77-/m1/s1. The Morgan fingerprint density at radius 1 is 0.280 bits per heavy atom. The number of unbranched alkanes of at least 4 members (excludes halogenated alkanes) is 41. The fourth-order valence-corrected chi connectivity index (χ4v) is 12.8. The van der Waals surface area contributed by atoms with E-state index in [2.05, 4.69) is 88.5 Å². The van der Waals surface area contributed by atoms with Crippen LogP contribution in [0.25, 0.3) is 0 Å². The Kier molecular flexibility index (Phi) is 71.6. The molecule has 0 aromatic rings. The fourth-order valence-electron chi connectivity index (χ4n) is 11.2. The molecule has 0 aliphatic carbocycles. The van der Waals surface area contributed by atoms with E-state index in [4.69, 9.17) is 37.0 Å². The number of hydrogen-bond donors (Lipinski definition) is 3. The van der Waals surface area contributed by atoms with Crippen molar-refractivity contribution in [1.82, 2.24) is 0 Å². The number of rotatable bonds is 77. The Balaban J connectivity index is 5.35. The monoisotopic (exact) mass is 1460 g/mol. The van der Waals surface area contributed by atoms with Crippen molar-refractivity contribution >= 4 is 39.5 Å². The minimum atomic E-state index is -4.98. The van der Waals surface area contributed by atoms with Gasteiger partial charge in [-0.3, -0.25) is 37.3 Å². The number of esters is 4. The van der Waals surface area contributed by atoms with Crippen LogP contribution in [-0.4, -0.2) is 96.7 Å². The highest BCUT2D eigenvalue weighted by atomic mass is 31.2. The maximum absolute atomic E-state index is 13.1. The molecular formula is C81H148O17P2. The van der Waals surface area contributed by atoms with Crippen molar-refractivity contribution in [2.24, 2.45) is 0 Å². The lowest BCUT2D eigenvalue weighted by molar-refractivity contribution is -0.161. The van der Waals surface area contributed by atoms with Crippen molar-refractivity contribution in [2.75, 3.05) is 39.6 Å². The zero-order valence-corrected chi connectivity index (χ0v) is 65.7. The van der Waals surface area contributed by atoms with Crippen LogP contribution < -0.4 is 0 Å². The smallest absolute Gasteiger partial charge is 0.462 e. The van der Waals surface area contributed by atoms with Crippen molar-refractivity contribution < 1.29 is 80.2 Å². The Labute approximate surface area is 610 Å². The lowest BCUT2D eigenvalue weighted by Crippen LogP contribution is -2.30. The number of phosphoric ester groups is 2. The van der Waals surface area contributed by atoms with Crippen LogP contribution in [0.5, 0.6) is 0 Å². The molecule has 19 heteroatoms. The molecule has 0 heterocycles. The van der Waals surface area contributed by atoms with Crippen molar-refractivity contribution in [3.8, 4) is 0 Å². The van der Waals surface area contributed by atoms with E-state index in [0.717, 1.165) is 161 Å². The molecule has 0 spiro atoms. The molecule has 584 valence electrons. The summed E-state index contributed by atoms with van der Waals surface area (Å²) in [5.41, 5.74) is 0. The van der Waals surface area contributed by atoms with Gasteiger partial charge in [0.25, 0.3) is 0 Å². The van der Waals surface area contributed by atoms with Crippen LogP contribution in [0.15, 0.2) is 60.8 Å². The summed E-state index contributed by atoms with van der Waals surface area (Å²) in [6, 6.07) is 0. The summed E-state index contributed by atoms with van der Waals surface area (Å²) in [6.07, 6.45) is 73.3. The molecule has 17 nitrogen and oxygen atoms in total. The van der Waals surface area contributed by atoms with Crippen molar-refractivity contribution in [1.29, 1.82) is 0 Å². The molecule has 0 radical (unpaired) electrons. The van der Waals surface area contributed by atoms with Crippen LogP contribution in [0.1, 0.15) is 374 Å². The van der Waals surface area contributed by atoms with Crippen molar-refractivity contribution in [3.63, 3.8) is 0 Å². The normalized spacial score (nSPS) is 14.2. The highest BCUT2D eigenvalue weighted by Crippen LogP contribution is 2.45. The summed E-state index contributed by atoms with van der Waals surface area (Å²) in [7, 11) is -9.95. The van der Waals surface area contributed by atoms with E-state index in [9.17, 15) is 43.2 Å². The second-order valence-electron chi connectivity index (χ2n) is 27.3. The molecule has 0 amide bonds. The predicted octanol–water partition coefficient (Wildman–Crippen LogP) is 23.5. The summed E-state index contributed by atoms with van der Waals surface area (Å²) in [5.74, 6) is -2.18. The van der Waals surface area contributed by atoms with Gasteiger partial charge in [0.2, 0.25) is 0 Å². The van der Waals surface area contributed by atoms with E-state index < -0.39 is 97.5 Å². The van der Waals surface area contributed by atoms with Gasteiger partial charge >= 0.3 is 39.5 Å². The quantitative estimate of drug-likeness (QED) is 0.0169. The van der Waals surface area contributed by atoms with Gasteiger partial charge in [-0.2, -0.15) is 0 Å². The third-order valence-electron chi connectivity index (χ3n) is 17.4. The van der Waals surface area contributed by atoms with E-state index >= 15 is 0 Å². The van der Waals surface area contributed by atoms with Crippen molar-refractivity contribution in [2.45, 2.75) is 393 Å². The first kappa shape index (κ1) is 96.8. The molecule has 0 saturated carbocycles. The molecule has 0 aromatic carbocycles. The molecule has 0 rings (SSSR count). The van der Waals surface area contributed by atoms with Crippen LogP contribution in [0.3, 0.4) is 0 Å². The number of allylic oxidation sites excluding steroid dienone is 10. The van der Waals surface area contributed by atoms with Gasteiger partial charge in [0.15, 0.2) is 12.2 Å². The molecule has 5 atom stereocenters. The average Bonchev–Trinajstić information content (AvgIpc) is 1.01. The molecule has 0 saturated heterocycles. The second-order valence-corrected chi connectivity index (χ2v) is 30.3. The number of aliphatic hydroxyl groups is 1. The lowest BCUT2D eigenvalue weighted by atomic mass is 10.1. The molecule has 0 bridgehead atoms. The van der Waals surface area contributed by atoms with Crippen molar-refractivity contribution in [3.05, 3.63) is 60.8 Å². The molecule has 0 aliphatic rings. The lowest BCUT2D eigenvalue weighted by Gasteiger charge is -2.21. The predicted molar refractivity (Wildman–Crippen MR) is 409 cm³/mol. The third-order valence-corrected chi connectivity index (χ3v) is 19.3. The first-order chi connectivity index (χ1) is 48.7. The molecule has 2 unspecified atom stereocenters. The van der Waals surface area contributed by atoms with E-state index in [1.165, 1.54) is 135 Å². The minimum absolute atomic E-state index is 0.0857. The van der Waals surface area contributed by atoms with Gasteiger partial charge in [-0.1, -0.05) is 275 Å². The van der Waals surface area contributed by atoms with Crippen LogP contribution in [0, 0.1) is 0 Å². The summed E-state index contributed by atoms with van der Waals surface area (Å²) in [5, 5.41) is 10.6. The summed E-state index contributed by atoms with van der Waals surface area (Å²) < 4.78 is 68.6. The fraction of sp³-hybridized carbons (Fsp3) is 0.827. The Morgan fingerprint density at radius 2 is 0.490 bits per heavy atom. The highest BCUT2D eigenvalue weighted by molar-refractivity contribution is 7.47. The Hall–Kier alpha value is -3.24. The van der Waals surface area contributed by atoms with Gasteiger partial charge in [-0.15, -0.1) is 0 Å². The SMILES string of the molecule is CCCCC/C=C\C/C=C\CCCCCCCC(=O)OC[C@H](COP(=O)(O)OC[C@@H](O)COP(=O)(O)OC[C@@H](COC(=O)CCCCCCCCC/C=C\CCCCCC)OC(=O)CCCCCCC/C=C\CCCCCCCC)OC(=O)CCCCCCC/C=C\CCCCCCCC. The summed E-state index contributed by atoms with van der Waals surface area (Å²) >= 11 is 0. The van der Waals surface area contributed by atoms with Crippen LogP contribution in [0.2, 0.25) is 0 Å². The molecule has 3 N–H and O–H groups in total. The number of phosphoric acid groups is 2. The number of hydrogen-bond acceptors (Lipinski definition) is 15. The summed E-state index contributed by atoms with van der Waals surface area (Å²) in [4.78, 5) is 73.0. The topological polar surface area (TPSA) is 237 Å². The Bertz CT molecular complexity index is 2130. The number of ether oxygens (including phenoxy) is 4. The average molecular weight is 1460 g/mol. The second kappa shape index (κ2) is 74.0. The van der Waals surface area contributed by atoms with E-state index in [1.807, 2.05) is 0 Å². The van der Waals surface area contributed by atoms with Gasteiger partial charge in [0, 0.05) is 25.7 Å².